The maximum Gasteiger partial charge on any atom is 0.246 e. The van der Waals surface area contributed by atoms with Crippen molar-refractivity contribution in [1.29, 1.82) is 0 Å². The fraction of sp³-hybridized carbons (Fsp3) is 0.667. The Hall–Kier alpha value is -1.11. The third-order valence-corrected chi connectivity index (χ3v) is 8.13. The van der Waals surface area contributed by atoms with Crippen LogP contribution in [0.3, 0.4) is 0 Å². The summed E-state index contributed by atoms with van der Waals surface area (Å²) in [5.74, 6) is 1.42. The molecular formula is C21H30ClNO4S. The summed E-state index contributed by atoms with van der Waals surface area (Å²) in [6, 6.07) is 4.37. The number of sulfone groups is 1. The summed E-state index contributed by atoms with van der Waals surface area (Å²) in [5, 5.41) is 3.41. The van der Waals surface area contributed by atoms with Crippen LogP contribution in [0.1, 0.15) is 58.1 Å². The number of benzene rings is 1. The van der Waals surface area contributed by atoms with Crippen molar-refractivity contribution < 1.29 is 17.9 Å². The number of carbonyl (C=O) groups is 1. The normalized spacial score (nSPS) is 29.3. The first-order valence-electron chi connectivity index (χ1n) is 10.1. The van der Waals surface area contributed by atoms with Gasteiger partial charge in [0.25, 0.3) is 0 Å². The molecule has 1 aromatic carbocycles. The fourth-order valence-corrected chi connectivity index (χ4v) is 6.27. The van der Waals surface area contributed by atoms with Crippen LogP contribution in [0.4, 0.5) is 0 Å². The molecular weight excluding hydrogens is 398 g/mol. The highest BCUT2D eigenvalue weighted by atomic mass is 35.5. The first kappa shape index (κ1) is 21.6. The molecule has 1 heterocycles. The van der Waals surface area contributed by atoms with Crippen molar-refractivity contribution in [3.63, 3.8) is 0 Å². The summed E-state index contributed by atoms with van der Waals surface area (Å²) in [6.45, 7) is 6.65. The molecule has 3 rings (SSSR count). The summed E-state index contributed by atoms with van der Waals surface area (Å²) in [4.78, 5) is 12.8. The second kappa shape index (κ2) is 8.72. The van der Waals surface area contributed by atoms with Crippen LogP contribution in [0.5, 0.6) is 0 Å². The van der Waals surface area contributed by atoms with Crippen molar-refractivity contribution >= 4 is 27.3 Å². The van der Waals surface area contributed by atoms with E-state index in [-0.39, 0.29) is 35.3 Å². The molecule has 0 saturated heterocycles. The molecule has 1 saturated carbocycles. The summed E-state index contributed by atoms with van der Waals surface area (Å²) in [6.07, 6.45) is 3.77. The van der Waals surface area contributed by atoms with Gasteiger partial charge in [0.1, 0.15) is 6.61 Å². The predicted molar refractivity (Wildman–Crippen MR) is 110 cm³/mol. The zero-order valence-electron chi connectivity index (χ0n) is 16.8. The molecule has 1 fully saturated rings. The van der Waals surface area contributed by atoms with Crippen molar-refractivity contribution in [3.8, 4) is 0 Å². The van der Waals surface area contributed by atoms with Gasteiger partial charge in [-0.15, -0.1) is 0 Å². The zero-order valence-corrected chi connectivity index (χ0v) is 18.4. The van der Waals surface area contributed by atoms with Gasteiger partial charge in [0, 0.05) is 5.02 Å². The van der Waals surface area contributed by atoms with Crippen molar-refractivity contribution in [1.82, 2.24) is 5.32 Å². The minimum absolute atomic E-state index is 0.000242. The van der Waals surface area contributed by atoms with E-state index in [0.29, 0.717) is 34.8 Å². The molecule has 0 bridgehead atoms. The standard InChI is InChI=1S/C21H30ClNO4S/c1-13(2)16-6-4-14(3)10-19(16)27-12-21(24)23-18-8-9-28(25,26)20-7-5-15(22)11-17(18)20/h5,7,11,13-14,16,18-19H,4,6,8-10,12H2,1-3H3,(H,23,24). The molecule has 1 N–H and O–H groups in total. The number of hydrogen-bond donors (Lipinski definition) is 1. The minimum atomic E-state index is -3.32. The molecule has 4 unspecified atom stereocenters. The third-order valence-electron chi connectivity index (χ3n) is 6.08. The first-order chi connectivity index (χ1) is 13.2. The Morgan fingerprint density at radius 2 is 2.04 bits per heavy atom. The Bertz CT molecular complexity index is 824. The number of hydrogen-bond acceptors (Lipinski definition) is 4. The quantitative estimate of drug-likeness (QED) is 0.765. The van der Waals surface area contributed by atoms with Gasteiger partial charge < -0.3 is 10.1 Å². The van der Waals surface area contributed by atoms with Crippen LogP contribution >= 0.6 is 11.6 Å². The van der Waals surface area contributed by atoms with Crippen LogP contribution in [-0.2, 0) is 19.4 Å². The zero-order chi connectivity index (χ0) is 20.5. The van der Waals surface area contributed by atoms with E-state index >= 15 is 0 Å². The predicted octanol–water partition coefficient (Wildman–Crippen LogP) is 4.15. The van der Waals surface area contributed by atoms with Gasteiger partial charge in [-0.2, -0.15) is 0 Å². The van der Waals surface area contributed by atoms with Crippen molar-refractivity contribution in [2.24, 2.45) is 17.8 Å². The van der Waals surface area contributed by atoms with Gasteiger partial charge in [-0.25, -0.2) is 8.42 Å². The Morgan fingerprint density at radius 1 is 1.29 bits per heavy atom. The van der Waals surface area contributed by atoms with E-state index in [1.807, 2.05) is 0 Å². The average Bonchev–Trinajstić information content (AvgIpc) is 2.62. The van der Waals surface area contributed by atoms with Gasteiger partial charge in [0.15, 0.2) is 9.84 Å². The maximum absolute atomic E-state index is 12.5. The highest BCUT2D eigenvalue weighted by molar-refractivity contribution is 7.91. The summed E-state index contributed by atoms with van der Waals surface area (Å²) in [5.41, 5.74) is 0.568. The van der Waals surface area contributed by atoms with Gasteiger partial charge >= 0.3 is 0 Å². The van der Waals surface area contributed by atoms with Crippen LogP contribution in [0.2, 0.25) is 5.02 Å². The Morgan fingerprint density at radius 3 is 2.75 bits per heavy atom. The largest absolute Gasteiger partial charge is 0.368 e. The number of fused-ring (bicyclic) bond motifs is 1. The van der Waals surface area contributed by atoms with Crippen molar-refractivity contribution in [2.45, 2.75) is 63.5 Å². The Balaban J connectivity index is 1.64. The number of amides is 1. The van der Waals surface area contributed by atoms with Gasteiger partial charge in [0.2, 0.25) is 5.91 Å². The summed E-state index contributed by atoms with van der Waals surface area (Å²) >= 11 is 6.06. The lowest BCUT2D eigenvalue weighted by atomic mass is 9.75. The van der Waals surface area contributed by atoms with Crippen LogP contribution < -0.4 is 5.32 Å². The molecule has 1 aliphatic carbocycles. The third kappa shape index (κ3) is 4.89. The van der Waals surface area contributed by atoms with E-state index in [2.05, 4.69) is 26.1 Å². The van der Waals surface area contributed by atoms with E-state index < -0.39 is 9.84 Å². The van der Waals surface area contributed by atoms with Crippen LogP contribution in [0.25, 0.3) is 0 Å². The Labute approximate surface area is 173 Å². The van der Waals surface area contributed by atoms with Gasteiger partial charge in [0.05, 0.1) is 22.8 Å². The van der Waals surface area contributed by atoms with Gasteiger partial charge in [-0.05, 0) is 60.8 Å². The van der Waals surface area contributed by atoms with Crippen LogP contribution in [-0.4, -0.2) is 32.8 Å². The molecule has 0 radical (unpaired) electrons. The minimum Gasteiger partial charge on any atom is -0.368 e. The molecule has 0 aromatic heterocycles. The number of ether oxygens (including phenoxy) is 1. The molecule has 4 atom stereocenters. The monoisotopic (exact) mass is 427 g/mol. The van der Waals surface area contributed by atoms with E-state index in [1.54, 1.807) is 12.1 Å². The Kier molecular flexibility index (Phi) is 6.72. The highest BCUT2D eigenvalue weighted by Crippen LogP contribution is 2.36. The second-order valence-electron chi connectivity index (χ2n) is 8.59. The number of rotatable bonds is 5. The molecule has 2 aliphatic rings. The number of carbonyl (C=O) groups excluding carboxylic acids is 1. The molecule has 1 aromatic rings. The lowest BCUT2D eigenvalue weighted by Gasteiger charge is -2.37. The summed E-state index contributed by atoms with van der Waals surface area (Å²) < 4.78 is 30.6. The van der Waals surface area contributed by atoms with Gasteiger partial charge in [-0.3, -0.25) is 4.79 Å². The van der Waals surface area contributed by atoms with Crippen LogP contribution in [0.15, 0.2) is 23.1 Å². The number of halogens is 1. The SMILES string of the molecule is CC1CCC(C(C)C)C(OCC(=O)NC2CCS(=O)(=O)c3ccc(Cl)cc32)C1. The van der Waals surface area contributed by atoms with E-state index in [1.165, 1.54) is 12.5 Å². The molecule has 1 amide bonds. The molecule has 5 nitrogen and oxygen atoms in total. The van der Waals surface area contributed by atoms with E-state index in [4.69, 9.17) is 16.3 Å². The summed E-state index contributed by atoms with van der Waals surface area (Å²) in [7, 11) is -3.32. The van der Waals surface area contributed by atoms with E-state index in [0.717, 1.165) is 12.8 Å². The second-order valence-corrected chi connectivity index (χ2v) is 11.1. The first-order valence-corrected chi connectivity index (χ1v) is 12.1. The lowest BCUT2D eigenvalue weighted by molar-refractivity contribution is -0.132. The fourth-order valence-electron chi connectivity index (χ4n) is 4.49. The van der Waals surface area contributed by atoms with Crippen molar-refractivity contribution in [2.75, 3.05) is 12.4 Å². The molecule has 0 spiro atoms. The molecule has 7 heteroatoms. The van der Waals surface area contributed by atoms with Crippen molar-refractivity contribution in [3.05, 3.63) is 28.8 Å². The van der Waals surface area contributed by atoms with E-state index in [9.17, 15) is 13.2 Å². The topological polar surface area (TPSA) is 72.5 Å². The smallest absolute Gasteiger partial charge is 0.246 e. The average molecular weight is 428 g/mol. The van der Waals surface area contributed by atoms with Gasteiger partial charge in [-0.1, -0.05) is 38.8 Å². The number of nitrogens with one attached hydrogen (secondary N) is 1. The molecule has 28 heavy (non-hydrogen) atoms. The lowest BCUT2D eigenvalue weighted by Crippen LogP contribution is -2.39. The van der Waals surface area contributed by atoms with Crippen LogP contribution in [0, 0.1) is 17.8 Å². The maximum atomic E-state index is 12.5. The molecule has 1 aliphatic heterocycles. The molecule has 156 valence electrons. The highest BCUT2D eigenvalue weighted by Gasteiger charge is 2.33.